The summed E-state index contributed by atoms with van der Waals surface area (Å²) in [5, 5.41) is 4.72. The number of amides is 1. The van der Waals surface area contributed by atoms with Gasteiger partial charge in [-0.2, -0.15) is 5.10 Å². The summed E-state index contributed by atoms with van der Waals surface area (Å²) in [4.78, 5) is 21.6. The van der Waals surface area contributed by atoms with Gasteiger partial charge in [0, 0.05) is 0 Å². The van der Waals surface area contributed by atoms with E-state index in [0.29, 0.717) is 15.5 Å². The number of nitrogen functional groups attached to an aromatic ring is 1. The number of thiophene rings is 1. The van der Waals surface area contributed by atoms with E-state index < -0.39 is 0 Å². The van der Waals surface area contributed by atoms with Gasteiger partial charge < -0.3 is 5.73 Å². The van der Waals surface area contributed by atoms with Gasteiger partial charge >= 0.3 is 0 Å². The van der Waals surface area contributed by atoms with Crippen LogP contribution in [0.15, 0.2) is 35.7 Å². The quantitative estimate of drug-likeness (QED) is 0.572. The number of aromatic nitrogens is 2. The lowest BCUT2D eigenvalue weighted by Gasteiger charge is -1.99. The van der Waals surface area contributed by atoms with Crippen LogP contribution in [0.5, 0.6) is 0 Å². The molecule has 3 rings (SSSR count). The zero-order valence-corrected chi connectivity index (χ0v) is 13.5. The van der Waals surface area contributed by atoms with Crippen molar-refractivity contribution >= 4 is 39.5 Å². The van der Waals surface area contributed by atoms with Crippen LogP contribution in [0.1, 0.15) is 26.4 Å². The topological polar surface area (TPSA) is 93.3 Å². The number of rotatable bonds is 3. The van der Waals surface area contributed by atoms with Crippen molar-refractivity contribution in [1.82, 2.24) is 15.4 Å². The normalized spacial score (nSPS) is 11.2. The Hall–Kier alpha value is -2.80. The average Bonchev–Trinajstić information content (AvgIpc) is 2.88. The molecule has 1 aromatic carbocycles. The van der Waals surface area contributed by atoms with Gasteiger partial charge in [0.15, 0.2) is 0 Å². The number of fused-ring (bicyclic) bond motifs is 1. The minimum absolute atomic E-state index is 0.284. The van der Waals surface area contributed by atoms with Crippen molar-refractivity contribution < 1.29 is 4.79 Å². The van der Waals surface area contributed by atoms with Crippen LogP contribution in [0, 0.1) is 13.8 Å². The Labute approximate surface area is 137 Å². The second kappa shape index (κ2) is 6.13. The number of nitrogens with two attached hydrogens (primary N) is 1. The molecule has 1 amide bonds. The molecule has 116 valence electrons. The van der Waals surface area contributed by atoms with Crippen LogP contribution in [-0.2, 0) is 0 Å². The molecule has 0 bridgehead atoms. The minimum atomic E-state index is -0.284. The van der Waals surface area contributed by atoms with E-state index >= 15 is 0 Å². The number of nitrogens with one attached hydrogen (secondary N) is 1. The van der Waals surface area contributed by atoms with Crippen molar-refractivity contribution in [2.45, 2.75) is 13.8 Å². The standard InChI is InChI=1S/C16H15N5OS/c1-9-3-5-11(6-4-9)7-20-21-15(22)13-10(2)12-14(17)18-8-19-16(12)23-13/h3-8H,1-2H3,(H,21,22)(H2,17,18,19)/b20-7-. The molecule has 0 atom stereocenters. The average molecular weight is 325 g/mol. The van der Waals surface area contributed by atoms with Crippen LogP contribution in [0.4, 0.5) is 5.82 Å². The molecule has 0 fully saturated rings. The fourth-order valence-corrected chi connectivity index (χ4v) is 3.23. The number of nitrogens with zero attached hydrogens (tertiary/aromatic N) is 3. The lowest BCUT2D eigenvalue weighted by atomic mass is 10.2. The Morgan fingerprint density at radius 2 is 2.00 bits per heavy atom. The van der Waals surface area contributed by atoms with E-state index in [1.165, 1.54) is 23.2 Å². The Morgan fingerprint density at radius 3 is 2.70 bits per heavy atom. The predicted molar refractivity (Wildman–Crippen MR) is 92.8 cm³/mol. The van der Waals surface area contributed by atoms with Crippen molar-refractivity contribution in [2.24, 2.45) is 5.10 Å². The van der Waals surface area contributed by atoms with E-state index in [9.17, 15) is 4.79 Å². The number of hydrogen-bond acceptors (Lipinski definition) is 6. The molecule has 3 aromatic rings. The number of benzene rings is 1. The lowest BCUT2D eigenvalue weighted by molar-refractivity contribution is 0.0958. The molecule has 0 saturated heterocycles. The zero-order chi connectivity index (χ0) is 16.4. The van der Waals surface area contributed by atoms with Gasteiger partial charge in [-0.15, -0.1) is 11.3 Å². The molecule has 0 aliphatic heterocycles. The summed E-state index contributed by atoms with van der Waals surface area (Å²) >= 11 is 1.28. The SMILES string of the molecule is Cc1ccc(/C=N\NC(=O)c2sc3ncnc(N)c3c2C)cc1. The third-order valence-electron chi connectivity index (χ3n) is 3.42. The van der Waals surface area contributed by atoms with Crippen LogP contribution >= 0.6 is 11.3 Å². The monoisotopic (exact) mass is 325 g/mol. The van der Waals surface area contributed by atoms with E-state index in [1.807, 2.05) is 38.1 Å². The molecule has 0 aliphatic rings. The van der Waals surface area contributed by atoms with Gasteiger partial charge in [0.2, 0.25) is 0 Å². The second-order valence-corrected chi connectivity index (χ2v) is 6.10. The summed E-state index contributed by atoms with van der Waals surface area (Å²) in [6.07, 6.45) is 3.00. The fourth-order valence-electron chi connectivity index (χ4n) is 2.18. The van der Waals surface area contributed by atoms with Gasteiger partial charge in [-0.25, -0.2) is 15.4 Å². The Bertz CT molecular complexity index is 899. The number of hydrazone groups is 1. The highest BCUT2D eigenvalue weighted by atomic mass is 32.1. The summed E-state index contributed by atoms with van der Waals surface area (Å²) < 4.78 is 0. The number of carbonyl (C=O) groups is 1. The molecule has 0 radical (unpaired) electrons. The largest absolute Gasteiger partial charge is 0.383 e. The van der Waals surface area contributed by atoms with Crippen LogP contribution in [0.2, 0.25) is 0 Å². The molecule has 0 unspecified atom stereocenters. The highest BCUT2D eigenvalue weighted by Gasteiger charge is 2.17. The van der Waals surface area contributed by atoms with Crippen molar-refractivity contribution in [3.05, 3.63) is 52.2 Å². The fraction of sp³-hybridized carbons (Fsp3) is 0.125. The molecular formula is C16H15N5OS. The summed E-state index contributed by atoms with van der Waals surface area (Å²) in [7, 11) is 0. The molecule has 2 heterocycles. The molecule has 0 aliphatic carbocycles. The molecule has 3 N–H and O–H groups in total. The molecule has 7 heteroatoms. The first-order valence-corrected chi connectivity index (χ1v) is 7.77. The van der Waals surface area contributed by atoms with Gasteiger partial charge in [-0.05, 0) is 25.0 Å². The first kappa shape index (κ1) is 15.1. The van der Waals surface area contributed by atoms with E-state index in [0.717, 1.165) is 16.5 Å². The lowest BCUT2D eigenvalue weighted by Crippen LogP contribution is -2.17. The molecule has 6 nitrogen and oxygen atoms in total. The summed E-state index contributed by atoms with van der Waals surface area (Å²) in [5.41, 5.74) is 11.2. The Morgan fingerprint density at radius 1 is 1.26 bits per heavy atom. The van der Waals surface area contributed by atoms with E-state index in [1.54, 1.807) is 6.21 Å². The van der Waals surface area contributed by atoms with Gasteiger partial charge in [0.1, 0.15) is 17.0 Å². The maximum absolute atomic E-state index is 12.3. The molecule has 0 saturated carbocycles. The summed E-state index contributed by atoms with van der Waals surface area (Å²) in [6.45, 7) is 3.85. The summed E-state index contributed by atoms with van der Waals surface area (Å²) in [5.74, 6) is 0.0965. The van der Waals surface area contributed by atoms with Gasteiger partial charge in [0.25, 0.3) is 5.91 Å². The maximum Gasteiger partial charge on any atom is 0.281 e. The molecular weight excluding hydrogens is 310 g/mol. The highest BCUT2D eigenvalue weighted by Crippen LogP contribution is 2.31. The first-order chi connectivity index (χ1) is 11.1. The highest BCUT2D eigenvalue weighted by molar-refractivity contribution is 7.20. The third-order valence-corrected chi connectivity index (χ3v) is 4.62. The Balaban J connectivity index is 1.80. The van der Waals surface area contributed by atoms with Crippen molar-refractivity contribution in [3.63, 3.8) is 0 Å². The third kappa shape index (κ3) is 3.04. The second-order valence-electron chi connectivity index (χ2n) is 5.11. The van der Waals surface area contributed by atoms with Crippen LogP contribution < -0.4 is 11.2 Å². The van der Waals surface area contributed by atoms with E-state index in [-0.39, 0.29) is 5.91 Å². The number of hydrogen-bond donors (Lipinski definition) is 2. The van der Waals surface area contributed by atoms with E-state index in [4.69, 9.17) is 5.73 Å². The van der Waals surface area contributed by atoms with Crippen molar-refractivity contribution in [2.75, 3.05) is 5.73 Å². The van der Waals surface area contributed by atoms with Gasteiger partial charge in [-0.3, -0.25) is 4.79 Å². The minimum Gasteiger partial charge on any atom is -0.383 e. The zero-order valence-electron chi connectivity index (χ0n) is 12.7. The molecule has 23 heavy (non-hydrogen) atoms. The van der Waals surface area contributed by atoms with Crippen LogP contribution in [-0.4, -0.2) is 22.1 Å². The maximum atomic E-state index is 12.3. The van der Waals surface area contributed by atoms with Crippen molar-refractivity contribution in [1.29, 1.82) is 0 Å². The smallest absolute Gasteiger partial charge is 0.281 e. The molecule has 0 spiro atoms. The van der Waals surface area contributed by atoms with Crippen LogP contribution in [0.3, 0.4) is 0 Å². The van der Waals surface area contributed by atoms with Gasteiger partial charge in [-0.1, -0.05) is 29.8 Å². The number of aryl methyl sites for hydroxylation is 2. The van der Waals surface area contributed by atoms with Gasteiger partial charge in [0.05, 0.1) is 16.5 Å². The van der Waals surface area contributed by atoms with Crippen molar-refractivity contribution in [3.8, 4) is 0 Å². The first-order valence-electron chi connectivity index (χ1n) is 6.96. The molecule has 2 aromatic heterocycles. The number of anilines is 1. The summed E-state index contributed by atoms with van der Waals surface area (Å²) in [6, 6.07) is 7.85. The Kier molecular flexibility index (Phi) is 4.03. The number of carbonyl (C=O) groups excluding carboxylic acids is 1. The van der Waals surface area contributed by atoms with E-state index in [2.05, 4.69) is 20.5 Å². The predicted octanol–water partition coefficient (Wildman–Crippen LogP) is 2.65. The van der Waals surface area contributed by atoms with Crippen LogP contribution in [0.25, 0.3) is 10.2 Å².